The van der Waals surface area contributed by atoms with Crippen molar-refractivity contribution in [3.63, 3.8) is 0 Å². The van der Waals surface area contributed by atoms with Gasteiger partial charge in [0.05, 0.1) is 5.69 Å². The van der Waals surface area contributed by atoms with E-state index in [0.717, 1.165) is 0 Å². The lowest BCUT2D eigenvalue weighted by Crippen LogP contribution is -2.07. The first-order chi connectivity index (χ1) is 10.0. The van der Waals surface area contributed by atoms with E-state index < -0.39 is 0 Å². The quantitative estimate of drug-likeness (QED) is 0.874. The maximum Gasteiger partial charge on any atom is 0.227 e. The molecule has 2 aromatic rings. The highest BCUT2D eigenvalue weighted by molar-refractivity contribution is 6.30. The van der Waals surface area contributed by atoms with Crippen LogP contribution in [0.25, 0.3) is 0 Å². The van der Waals surface area contributed by atoms with Gasteiger partial charge < -0.3 is 10.1 Å². The second-order valence-electron chi connectivity index (χ2n) is 4.49. The van der Waals surface area contributed by atoms with Crippen LogP contribution in [0.2, 0.25) is 5.15 Å². The Morgan fingerprint density at radius 1 is 1.33 bits per heavy atom. The average molecular weight is 306 g/mol. The lowest BCUT2D eigenvalue weighted by atomic mass is 10.3. The number of aryl methyl sites for hydroxylation is 1. The SMILES string of the molecule is CCc1nc(Cl)c(C)c(Oc2ccccc2NC(C)=O)n1. The van der Waals surface area contributed by atoms with Crippen LogP contribution in [-0.2, 0) is 11.2 Å². The summed E-state index contributed by atoms with van der Waals surface area (Å²) in [4.78, 5) is 19.7. The smallest absolute Gasteiger partial charge is 0.227 e. The largest absolute Gasteiger partial charge is 0.436 e. The number of ether oxygens (including phenoxy) is 1. The number of para-hydroxylation sites is 2. The predicted molar refractivity (Wildman–Crippen MR) is 82.0 cm³/mol. The van der Waals surface area contributed by atoms with Crippen molar-refractivity contribution in [1.29, 1.82) is 0 Å². The van der Waals surface area contributed by atoms with Crippen molar-refractivity contribution >= 4 is 23.2 Å². The van der Waals surface area contributed by atoms with E-state index in [9.17, 15) is 4.79 Å². The summed E-state index contributed by atoms with van der Waals surface area (Å²) in [6, 6.07) is 7.15. The lowest BCUT2D eigenvalue weighted by molar-refractivity contribution is -0.114. The molecular formula is C15H16ClN3O2. The Kier molecular flexibility index (Phi) is 4.75. The minimum absolute atomic E-state index is 0.169. The van der Waals surface area contributed by atoms with E-state index in [0.29, 0.717) is 40.3 Å². The van der Waals surface area contributed by atoms with Crippen LogP contribution in [0.15, 0.2) is 24.3 Å². The normalized spacial score (nSPS) is 10.3. The van der Waals surface area contributed by atoms with E-state index in [1.165, 1.54) is 6.92 Å². The Morgan fingerprint density at radius 2 is 2.05 bits per heavy atom. The summed E-state index contributed by atoms with van der Waals surface area (Å²) >= 11 is 6.09. The highest BCUT2D eigenvalue weighted by Gasteiger charge is 2.13. The number of rotatable bonds is 4. The molecule has 0 fully saturated rings. The van der Waals surface area contributed by atoms with E-state index in [-0.39, 0.29) is 5.91 Å². The Bertz CT molecular complexity index is 674. The molecule has 0 bridgehead atoms. The Morgan fingerprint density at radius 3 is 2.71 bits per heavy atom. The first-order valence-electron chi connectivity index (χ1n) is 6.58. The predicted octanol–water partition coefficient (Wildman–Crippen LogP) is 3.75. The minimum Gasteiger partial charge on any atom is -0.436 e. The molecule has 1 heterocycles. The fourth-order valence-corrected chi connectivity index (χ4v) is 1.90. The van der Waals surface area contributed by atoms with Crippen LogP contribution in [0.5, 0.6) is 11.6 Å². The number of halogens is 1. The number of hydrogen-bond donors (Lipinski definition) is 1. The Labute approximate surface area is 128 Å². The molecule has 5 nitrogen and oxygen atoms in total. The molecule has 1 amide bonds. The Hall–Kier alpha value is -2.14. The minimum atomic E-state index is -0.169. The number of anilines is 1. The molecule has 0 unspecified atom stereocenters. The van der Waals surface area contributed by atoms with Crippen LogP contribution in [0.3, 0.4) is 0 Å². The molecule has 0 aliphatic carbocycles. The third-order valence-electron chi connectivity index (χ3n) is 2.81. The molecular weight excluding hydrogens is 290 g/mol. The van der Waals surface area contributed by atoms with E-state index >= 15 is 0 Å². The van der Waals surface area contributed by atoms with Crippen LogP contribution in [-0.4, -0.2) is 15.9 Å². The highest BCUT2D eigenvalue weighted by atomic mass is 35.5. The fraction of sp³-hybridized carbons (Fsp3) is 0.267. The number of aromatic nitrogens is 2. The van der Waals surface area contributed by atoms with Crippen molar-refractivity contribution in [2.75, 3.05) is 5.32 Å². The van der Waals surface area contributed by atoms with Crippen LogP contribution in [0.1, 0.15) is 25.2 Å². The molecule has 110 valence electrons. The summed E-state index contributed by atoms with van der Waals surface area (Å²) in [6.45, 7) is 5.17. The van der Waals surface area contributed by atoms with Crippen LogP contribution >= 0.6 is 11.6 Å². The van der Waals surface area contributed by atoms with E-state index in [1.807, 2.05) is 19.1 Å². The van der Waals surface area contributed by atoms with Gasteiger partial charge in [-0.1, -0.05) is 30.7 Å². The molecule has 1 aromatic carbocycles. The van der Waals surface area contributed by atoms with Crippen molar-refractivity contribution in [3.05, 3.63) is 40.8 Å². The fourth-order valence-electron chi connectivity index (χ4n) is 1.72. The molecule has 0 saturated heterocycles. The average Bonchev–Trinajstić information content (AvgIpc) is 2.45. The number of nitrogens with one attached hydrogen (secondary N) is 1. The van der Waals surface area contributed by atoms with Gasteiger partial charge in [0.1, 0.15) is 11.0 Å². The maximum atomic E-state index is 11.2. The first kappa shape index (κ1) is 15.3. The van der Waals surface area contributed by atoms with Gasteiger partial charge in [0.15, 0.2) is 5.75 Å². The molecule has 1 N–H and O–H groups in total. The van der Waals surface area contributed by atoms with Gasteiger partial charge in [-0.3, -0.25) is 4.79 Å². The Balaban J connectivity index is 2.38. The van der Waals surface area contributed by atoms with Crippen molar-refractivity contribution in [2.24, 2.45) is 0 Å². The molecule has 1 aromatic heterocycles. The van der Waals surface area contributed by atoms with Crippen molar-refractivity contribution in [2.45, 2.75) is 27.2 Å². The number of benzene rings is 1. The molecule has 0 aliphatic heterocycles. The molecule has 0 radical (unpaired) electrons. The zero-order chi connectivity index (χ0) is 15.4. The van der Waals surface area contributed by atoms with Gasteiger partial charge in [0.2, 0.25) is 11.8 Å². The zero-order valence-electron chi connectivity index (χ0n) is 12.1. The second-order valence-corrected chi connectivity index (χ2v) is 4.85. The van der Waals surface area contributed by atoms with Gasteiger partial charge in [0.25, 0.3) is 0 Å². The third kappa shape index (κ3) is 3.70. The standard InChI is InChI=1S/C15H16ClN3O2/c1-4-13-18-14(16)9(2)15(19-13)21-12-8-6-5-7-11(12)17-10(3)20/h5-8H,4H2,1-3H3,(H,17,20). The molecule has 0 atom stereocenters. The lowest BCUT2D eigenvalue weighted by Gasteiger charge is -2.13. The summed E-state index contributed by atoms with van der Waals surface area (Å²) in [7, 11) is 0. The molecule has 6 heteroatoms. The highest BCUT2D eigenvalue weighted by Crippen LogP contribution is 2.31. The number of amides is 1. The summed E-state index contributed by atoms with van der Waals surface area (Å²) in [5, 5.41) is 3.09. The summed E-state index contributed by atoms with van der Waals surface area (Å²) in [5.74, 6) is 1.34. The van der Waals surface area contributed by atoms with Crippen molar-refractivity contribution < 1.29 is 9.53 Å². The molecule has 0 saturated carbocycles. The van der Waals surface area contributed by atoms with Gasteiger partial charge in [-0.2, -0.15) is 4.98 Å². The van der Waals surface area contributed by atoms with Crippen LogP contribution in [0.4, 0.5) is 5.69 Å². The van der Waals surface area contributed by atoms with Gasteiger partial charge in [-0.15, -0.1) is 0 Å². The van der Waals surface area contributed by atoms with Crippen molar-refractivity contribution in [3.8, 4) is 11.6 Å². The summed E-state index contributed by atoms with van der Waals surface area (Å²) in [5.41, 5.74) is 1.24. The first-order valence-corrected chi connectivity index (χ1v) is 6.96. The topological polar surface area (TPSA) is 64.1 Å². The van der Waals surface area contributed by atoms with Gasteiger partial charge in [0, 0.05) is 18.9 Å². The zero-order valence-corrected chi connectivity index (χ0v) is 12.9. The van der Waals surface area contributed by atoms with Crippen LogP contribution < -0.4 is 10.1 Å². The van der Waals surface area contributed by atoms with E-state index in [2.05, 4.69) is 15.3 Å². The number of carbonyl (C=O) groups is 1. The molecule has 21 heavy (non-hydrogen) atoms. The van der Waals surface area contributed by atoms with Gasteiger partial charge >= 0.3 is 0 Å². The molecule has 0 aliphatic rings. The number of carbonyl (C=O) groups excluding carboxylic acids is 1. The second kappa shape index (κ2) is 6.54. The number of nitrogens with zero attached hydrogens (tertiary/aromatic N) is 2. The molecule has 0 spiro atoms. The van der Waals surface area contributed by atoms with Crippen molar-refractivity contribution in [1.82, 2.24) is 9.97 Å². The monoisotopic (exact) mass is 305 g/mol. The summed E-state index contributed by atoms with van der Waals surface area (Å²) < 4.78 is 5.81. The van der Waals surface area contributed by atoms with E-state index in [4.69, 9.17) is 16.3 Å². The molecule has 2 rings (SSSR count). The van der Waals surface area contributed by atoms with E-state index in [1.54, 1.807) is 19.1 Å². The summed E-state index contributed by atoms with van der Waals surface area (Å²) in [6.07, 6.45) is 0.656. The maximum absolute atomic E-state index is 11.2. The van der Waals surface area contributed by atoms with Gasteiger partial charge in [-0.25, -0.2) is 4.98 Å². The number of hydrogen-bond acceptors (Lipinski definition) is 4. The van der Waals surface area contributed by atoms with Crippen LogP contribution in [0, 0.1) is 6.92 Å². The van der Waals surface area contributed by atoms with Gasteiger partial charge in [-0.05, 0) is 19.1 Å². The third-order valence-corrected chi connectivity index (χ3v) is 3.18.